The Kier molecular flexibility index (Phi) is 5.11. The van der Waals surface area contributed by atoms with Crippen LogP contribution >= 0.6 is 0 Å². The highest BCUT2D eigenvalue weighted by Crippen LogP contribution is 2.48. The van der Waals surface area contributed by atoms with Crippen LogP contribution in [0.2, 0.25) is 0 Å². The van der Waals surface area contributed by atoms with Gasteiger partial charge in [-0.25, -0.2) is 4.79 Å². The van der Waals surface area contributed by atoms with Gasteiger partial charge in [0, 0.05) is 12.8 Å². The molecule has 0 unspecified atom stereocenters. The molecule has 0 bridgehead atoms. The van der Waals surface area contributed by atoms with E-state index in [1.807, 2.05) is 19.9 Å². The summed E-state index contributed by atoms with van der Waals surface area (Å²) >= 11 is 0. The Bertz CT molecular complexity index is 714. The molecule has 1 amide bonds. The zero-order valence-electron chi connectivity index (χ0n) is 16.5. The zero-order valence-corrected chi connectivity index (χ0v) is 16.5. The molecule has 1 N–H and O–H groups in total. The number of ether oxygens (including phenoxy) is 1. The Balaban J connectivity index is 1.90. The summed E-state index contributed by atoms with van der Waals surface area (Å²) in [5, 5.41) is 3.11. The van der Waals surface area contributed by atoms with Crippen molar-refractivity contribution in [2.45, 2.75) is 57.9 Å². The molecule has 0 radical (unpaired) electrons. The highest BCUT2D eigenvalue weighted by molar-refractivity contribution is 6.05. The largest absolute Gasteiger partial charge is 0.465 e. The van der Waals surface area contributed by atoms with E-state index in [0.29, 0.717) is 11.3 Å². The van der Waals surface area contributed by atoms with Crippen LogP contribution in [0.1, 0.15) is 60.0 Å². The van der Waals surface area contributed by atoms with Crippen molar-refractivity contribution < 1.29 is 18.8 Å². The highest BCUT2D eigenvalue weighted by Gasteiger charge is 2.63. The summed E-state index contributed by atoms with van der Waals surface area (Å²) in [4.78, 5) is 25.6. The topological polar surface area (TPSA) is 55.4 Å². The molecule has 0 atom stereocenters. The average molecular weight is 359 g/mol. The van der Waals surface area contributed by atoms with Gasteiger partial charge in [0.25, 0.3) is 5.91 Å². The fourth-order valence-corrected chi connectivity index (χ4v) is 4.58. The molecule has 26 heavy (non-hydrogen) atoms. The molecule has 1 saturated heterocycles. The number of aryl methyl sites for hydroxylation is 2. The predicted molar refractivity (Wildman–Crippen MR) is 102 cm³/mol. The molecule has 1 aromatic rings. The third-order valence-electron chi connectivity index (χ3n) is 6.36. The maximum Gasteiger partial charge on any atom is 0.339 e. The first kappa shape index (κ1) is 18.9. The molecule has 1 aliphatic carbocycles. The Morgan fingerprint density at radius 1 is 1.08 bits per heavy atom. The standard InChI is InChI=1S/C21H30N2O3/c1-15-13-16(2)18(17(14-15)19(24)26-4)22-20(25)21(9-10-21)23(3)11-7-5-6-8-12-23/h13-14H,5-12H2,1-4H3/p+1. The minimum atomic E-state index is -0.410. The number of anilines is 1. The molecular formula is C21H31N2O3+. The molecule has 0 spiro atoms. The number of quaternary nitrogens is 1. The van der Waals surface area contributed by atoms with Gasteiger partial charge >= 0.3 is 5.97 Å². The number of likely N-dealkylation sites (N-methyl/N-ethyl adjacent to an activating group) is 1. The van der Waals surface area contributed by atoms with Gasteiger partial charge in [-0.1, -0.05) is 6.07 Å². The average Bonchev–Trinajstić information content (AvgIpc) is 3.42. The number of carbonyl (C=O) groups is 2. The summed E-state index contributed by atoms with van der Waals surface area (Å²) in [5.74, 6) is -0.355. The van der Waals surface area contributed by atoms with Gasteiger partial charge < -0.3 is 14.5 Å². The van der Waals surface area contributed by atoms with E-state index in [4.69, 9.17) is 4.74 Å². The van der Waals surface area contributed by atoms with Gasteiger partial charge in [-0.3, -0.25) is 4.79 Å². The molecule has 5 nitrogen and oxygen atoms in total. The van der Waals surface area contributed by atoms with Crippen molar-refractivity contribution >= 4 is 17.6 Å². The van der Waals surface area contributed by atoms with Crippen molar-refractivity contribution in [1.82, 2.24) is 0 Å². The molecular weight excluding hydrogens is 328 g/mol. The Labute approximate surface area is 156 Å². The quantitative estimate of drug-likeness (QED) is 0.660. The van der Waals surface area contributed by atoms with Crippen molar-refractivity contribution in [2.75, 3.05) is 32.6 Å². The molecule has 2 aliphatic rings. The lowest BCUT2D eigenvalue weighted by atomic mass is 10.0. The lowest BCUT2D eigenvalue weighted by Crippen LogP contribution is -2.60. The van der Waals surface area contributed by atoms with Gasteiger partial charge in [-0.2, -0.15) is 0 Å². The number of rotatable bonds is 4. The van der Waals surface area contributed by atoms with Crippen molar-refractivity contribution in [1.29, 1.82) is 0 Å². The molecule has 1 aromatic carbocycles. The maximum absolute atomic E-state index is 13.3. The van der Waals surface area contributed by atoms with Crippen LogP contribution in [-0.4, -0.2) is 49.1 Å². The molecule has 1 heterocycles. The first-order valence-corrected chi connectivity index (χ1v) is 9.69. The van der Waals surface area contributed by atoms with Crippen LogP contribution < -0.4 is 5.32 Å². The van der Waals surface area contributed by atoms with Gasteiger partial charge in [0.15, 0.2) is 5.54 Å². The van der Waals surface area contributed by atoms with Gasteiger partial charge in [-0.15, -0.1) is 0 Å². The van der Waals surface area contributed by atoms with Crippen LogP contribution in [0.15, 0.2) is 12.1 Å². The van der Waals surface area contributed by atoms with Gasteiger partial charge in [0.1, 0.15) is 0 Å². The van der Waals surface area contributed by atoms with E-state index in [1.54, 1.807) is 6.07 Å². The van der Waals surface area contributed by atoms with E-state index in [9.17, 15) is 9.59 Å². The Morgan fingerprint density at radius 3 is 2.23 bits per heavy atom. The molecule has 142 valence electrons. The number of amides is 1. The van der Waals surface area contributed by atoms with Crippen molar-refractivity contribution in [3.8, 4) is 0 Å². The summed E-state index contributed by atoms with van der Waals surface area (Å²) in [5.41, 5.74) is 2.57. The summed E-state index contributed by atoms with van der Waals surface area (Å²) in [6.45, 7) is 5.99. The first-order valence-electron chi connectivity index (χ1n) is 9.69. The van der Waals surface area contributed by atoms with E-state index >= 15 is 0 Å². The second kappa shape index (κ2) is 7.03. The summed E-state index contributed by atoms with van der Waals surface area (Å²) in [6, 6.07) is 3.78. The number of carbonyl (C=O) groups excluding carboxylic acids is 2. The Hall–Kier alpha value is -1.88. The van der Waals surface area contributed by atoms with Crippen molar-refractivity contribution in [3.05, 3.63) is 28.8 Å². The van der Waals surface area contributed by atoms with Crippen LogP contribution in [0, 0.1) is 13.8 Å². The van der Waals surface area contributed by atoms with E-state index in [2.05, 4.69) is 12.4 Å². The molecule has 2 fully saturated rings. The van der Waals surface area contributed by atoms with Crippen LogP contribution in [0.5, 0.6) is 0 Å². The number of nitrogens with one attached hydrogen (secondary N) is 1. The molecule has 1 saturated carbocycles. The maximum atomic E-state index is 13.3. The number of methoxy groups -OCH3 is 1. The monoisotopic (exact) mass is 359 g/mol. The lowest BCUT2D eigenvalue weighted by Gasteiger charge is -2.41. The normalized spacial score (nSPS) is 20.8. The van der Waals surface area contributed by atoms with E-state index in [0.717, 1.165) is 41.5 Å². The molecule has 0 aromatic heterocycles. The summed E-state index contributed by atoms with van der Waals surface area (Å²) < 4.78 is 5.76. The predicted octanol–water partition coefficient (Wildman–Crippen LogP) is 3.58. The number of benzene rings is 1. The third-order valence-corrected chi connectivity index (χ3v) is 6.36. The van der Waals surface area contributed by atoms with Gasteiger partial charge in [0.05, 0.1) is 38.5 Å². The van der Waals surface area contributed by atoms with Gasteiger partial charge in [0.2, 0.25) is 0 Å². The van der Waals surface area contributed by atoms with E-state index in [-0.39, 0.29) is 11.4 Å². The SMILES string of the molecule is COC(=O)c1cc(C)cc(C)c1NC(=O)C1([N+]2(C)CCCCCC2)CC1. The van der Waals surface area contributed by atoms with Gasteiger partial charge in [-0.05, 0) is 56.7 Å². The fraction of sp³-hybridized carbons (Fsp3) is 0.619. The summed E-state index contributed by atoms with van der Waals surface area (Å²) in [7, 11) is 3.61. The second-order valence-electron chi connectivity index (χ2n) is 8.24. The number of esters is 1. The van der Waals surface area contributed by atoms with Crippen LogP contribution in [0.4, 0.5) is 5.69 Å². The molecule has 5 heteroatoms. The number of hydrogen-bond donors (Lipinski definition) is 1. The molecule has 1 aliphatic heterocycles. The minimum Gasteiger partial charge on any atom is -0.465 e. The number of likely N-dealkylation sites (tertiary alicyclic amines) is 1. The second-order valence-corrected chi connectivity index (χ2v) is 8.24. The van der Waals surface area contributed by atoms with Crippen LogP contribution in [0.25, 0.3) is 0 Å². The summed E-state index contributed by atoms with van der Waals surface area (Å²) in [6.07, 6.45) is 6.73. The zero-order chi connectivity index (χ0) is 18.9. The molecule has 3 rings (SSSR count). The van der Waals surface area contributed by atoms with Crippen LogP contribution in [-0.2, 0) is 9.53 Å². The first-order chi connectivity index (χ1) is 12.3. The lowest BCUT2D eigenvalue weighted by molar-refractivity contribution is -0.933. The highest BCUT2D eigenvalue weighted by atomic mass is 16.5. The van der Waals surface area contributed by atoms with E-state index in [1.165, 1.54) is 32.8 Å². The Morgan fingerprint density at radius 2 is 1.69 bits per heavy atom. The fourth-order valence-electron chi connectivity index (χ4n) is 4.58. The number of nitrogens with zero attached hydrogens (tertiary/aromatic N) is 1. The minimum absolute atomic E-state index is 0.0546. The number of hydrogen-bond acceptors (Lipinski definition) is 3. The van der Waals surface area contributed by atoms with E-state index < -0.39 is 5.97 Å². The van der Waals surface area contributed by atoms with Crippen LogP contribution in [0.3, 0.4) is 0 Å². The van der Waals surface area contributed by atoms with Crippen molar-refractivity contribution in [3.63, 3.8) is 0 Å². The smallest absolute Gasteiger partial charge is 0.339 e. The van der Waals surface area contributed by atoms with Crippen molar-refractivity contribution in [2.24, 2.45) is 0 Å². The third kappa shape index (κ3) is 3.25.